The third-order valence-corrected chi connectivity index (χ3v) is 4.92. The number of amides is 1. The van der Waals surface area contributed by atoms with Crippen LogP contribution in [0.4, 0.5) is 0 Å². The largest absolute Gasteiger partial charge is 0.391 e. The zero-order valence-corrected chi connectivity index (χ0v) is 14.1. The summed E-state index contributed by atoms with van der Waals surface area (Å²) in [5, 5.41) is 17.9. The number of carbonyl (C=O) groups excluding carboxylic acids is 1. The Morgan fingerprint density at radius 3 is 2.91 bits per heavy atom. The number of benzene rings is 1. The van der Waals surface area contributed by atoms with Crippen molar-refractivity contribution in [3.05, 3.63) is 51.3 Å². The van der Waals surface area contributed by atoms with Gasteiger partial charge in [-0.15, -0.1) is 0 Å². The summed E-state index contributed by atoms with van der Waals surface area (Å²) in [6.07, 6.45) is 0.0485. The van der Waals surface area contributed by atoms with Crippen LogP contribution in [0.2, 0.25) is 10.0 Å². The number of halogens is 2. The lowest BCUT2D eigenvalue weighted by Gasteiger charge is -2.17. The van der Waals surface area contributed by atoms with Crippen molar-refractivity contribution in [3.8, 4) is 0 Å². The fourth-order valence-electron chi connectivity index (χ4n) is 2.91. The van der Waals surface area contributed by atoms with E-state index in [1.807, 2.05) is 13.0 Å². The molecular formula is C16H17Cl2N3O2. The lowest BCUT2D eigenvalue weighted by Crippen LogP contribution is -2.29. The summed E-state index contributed by atoms with van der Waals surface area (Å²) in [4.78, 5) is 14.2. The number of nitrogens with one attached hydrogen (secondary N) is 1. The Kier molecular flexibility index (Phi) is 4.62. The lowest BCUT2D eigenvalue weighted by atomic mass is 10.0. The van der Waals surface area contributed by atoms with E-state index in [-0.39, 0.29) is 23.4 Å². The maximum absolute atomic E-state index is 12.6. The minimum Gasteiger partial charge on any atom is -0.391 e. The van der Waals surface area contributed by atoms with Crippen LogP contribution in [0.25, 0.3) is 0 Å². The average Bonchev–Trinajstić information content (AvgIpc) is 3.08. The highest BCUT2D eigenvalue weighted by Gasteiger charge is 2.35. The van der Waals surface area contributed by atoms with Gasteiger partial charge in [-0.05, 0) is 31.5 Å². The lowest BCUT2D eigenvalue weighted by molar-refractivity contribution is 0.0765. The molecule has 1 aliphatic heterocycles. The van der Waals surface area contributed by atoms with Gasteiger partial charge >= 0.3 is 0 Å². The molecule has 0 bridgehead atoms. The number of aliphatic hydroxyl groups is 1. The number of H-pyrrole nitrogens is 1. The average molecular weight is 354 g/mol. The van der Waals surface area contributed by atoms with Crippen molar-refractivity contribution in [2.24, 2.45) is 5.92 Å². The first-order valence-corrected chi connectivity index (χ1v) is 8.13. The van der Waals surface area contributed by atoms with Crippen molar-refractivity contribution < 1.29 is 9.90 Å². The highest BCUT2D eigenvalue weighted by molar-refractivity contribution is 6.43. The molecule has 1 fully saturated rings. The molecule has 122 valence electrons. The third-order valence-electron chi connectivity index (χ3n) is 4.11. The Morgan fingerprint density at radius 1 is 1.43 bits per heavy atom. The quantitative estimate of drug-likeness (QED) is 0.891. The van der Waals surface area contributed by atoms with Crippen molar-refractivity contribution >= 4 is 29.1 Å². The molecule has 23 heavy (non-hydrogen) atoms. The molecule has 1 aromatic carbocycles. The second kappa shape index (κ2) is 6.51. The topological polar surface area (TPSA) is 69.2 Å². The van der Waals surface area contributed by atoms with Gasteiger partial charge in [0.15, 0.2) is 0 Å². The van der Waals surface area contributed by atoms with E-state index < -0.39 is 6.10 Å². The van der Waals surface area contributed by atoms with Crippen LogP contribution in [0.1, 0.15) is 21.7 Å². The highest BCUT2D eigenvalue weighted by Crippen LogP contribution is 2.29. The van der Waals surface area contributed by atoms with Gasteiger partial charge in [-0.1, -0.05) is 29.3 Å². The van der Waals surface area contributed by atoms with Crippen LogP contribution < -0.4 is 0 Å². The predicted molar refractivity (Wildman–Crippen MR) is 88.9 cm³/mol. The van der Waals surface area contributed by atoms with Crippen molar-refractivity contribution in [1.29, 1.82) is 0 Å². The van der Waals surface area contributed by atoms with E-state index in [4.69, 9.17) is 23.2 Å². The number of aliphatic hydroxyl groups excluding tert-OH is 1. The summed E-state index contributed by atoms with van der Waals surface area (Å²) in [6, 6.07) is 6.93. The first kappa shape index (κ1) is 16.3. The first-order chi connectivity index (χ1) is 11.0. The number of hydrogen-bond donors (Lipinski definition) is 2. The second-order valence-corrected chi connectivity index (χ2v) is 6.67. The summed E-state index contributed by atoms with van der Waals surface area (Å²) < 4.78 is 0. The molecule has 7 heteroatoms. The number of rotatable bonds is 3. The molecule has 2 heterocycles. The normalized spacial score (nSPS) is 21.0. The van der Waals surface area contributed by atoms with E-state index in [0.29, 0.717) is 23.6 Å². The zero-order chi connectivity index (χ0) is 16.6. The van der Waals surface area contributed by atoms with Gasteiger partial charge in [-0.25, -0.2) is 0 Å². The van der Waals surface area contributed by atoms with E-state index in [1.54, 1.807) is 23.1 Å². The summed E-state index contributed by atoms with van der Waals surface area (Å²) in [6.45, 7) is 2.68. The summed E-state index contributed by atoms with van der Waals surface area (Å²) >= 11 is 12.1. The predicted octanol–water partition coefficient (Wildman–Crippen LogP) is 2.70. The van der Waals surface area contributed by atoms with Gasteiger partial charge in [0.25, 0.3) is 5.91 Å². The third kappa shape index (κ3) is 3.37. The van der Waals surface area contributed by atoms with Crippen molar-refractivity contribution in [3.63, 3.8) is 0 Å². The maximum atomic E-state index is 12.6. The number of hydrogen-bond acceptors (Lipinski definition) is 3. The van der Waals surface area contributed by atoms with E-state index >= 15 is 0 Å². The summed E-state index contributed by atoms with van der Waals surface area (Å²) in [7, 11) is 0. The van der Waals surface area contributed by atoms with Gasteiger partial charge in [-0.2, -0.15) is 5.10 Å². The fraction of sp³-hybridized carbons (Fsp3) is 0.375. The molecule has 1 saturated heterocycles. The van der Waals surface area contributed by atoms with Crippen LogP contribution in [-0.2, 0) is 6.42 Å². The van der Waals surface area contributed by atoms with Crippen molar-refractivity contribution in [2.75, 3.05) is 13.1 Å². The Hall–Kier alpha value is -1.56. The molecule has 0 saturated carbocycles. The Bertz CT molecular complexity index is 732. The number of aryl methyl sites for hydroxylation is 1. The molecule has 1 amide bonds. The van der Waals surface area contributed by atoms with Gasteiger partial charge in [0.2, 0.25) is 0 Å². The molecule has 0 spiro atoms. The maximum Gasteiger partial charge on any atom is 0.255 e. The van der Waals surface area contributed by atoms with Crippen LogP contribution in [0, 0.1) is 12.8 Å². The minimum atomic E-state index is -0.575. The van der Waals surface area contributed by atoms with Gasteiger partial charge in [0.1, 0.15) is 0 Å². The minimum absolute atomic E-state index is 0.0420. The van der Waals surface area contributed by atoms with Crippen LogP contribution in [0.15, 0.2) is 24.3 Å². The Morgan fingerprint density at radius 2 is 2.22 bits per heavy atom. The van der Waals surface area contributed by atoms with Crippen molar-refractivity contribution in [2.45, 2.75) is 19.4 Å². The van der Waals surface area contributed by atoms with Gasteiger partial charge in [0.05, 0.1) is 27.4 Å². The summed E-state index contributed by atoms with van der Waals surface area (Å²) in [5.41, 5.74) is 2.23. The van der Waals surface area contributed by atoms with Crippen LogP contribution in [0.5, 0.6) is 0 Å². The molecule has 2 aromatic rings. The smallest absolute Gasteiger partial charge is 0.255 e. The molecule has 0 radical (unpaired) electrons. The van der Waals surface area contributed by atoms with E-state index in [0.717, 1.165) is 11.4 Å². The molecular weight excluding hydrogens is 337 g/mol. The number of β-amino-alcohol motifs (C(OH)–C–C–N with tert-alkyl or cyclic N) is 1. The number of nitrogens with zero attached hydrogens (tertiary/aromatic N) is 2. The van der Waals surface area contributed by atoms with Gasteiger partial charge < -0.3 is 10.0 Å². The number of carbonyl (C=O) groups is 1. The fourth-order valence-corrected chi connectivity index (χ4v) is 3.29. The zero-order valence-electron chi connectivity index (χ0n) is 12.6. The number of aromatic amines is 1. The molecule has 0 unspecified atom stereocenters. The first-order valence-electron chi connectivity index (χ1n) is 7.38. The molecule has 0 aliphatic carbocycles. The molecule has 3 rings (SSSR count). The molecule has 1 aromatic heterocycles. The standard InChI is InChI=1S/C16H17Cl2N3O2/c1-9-5-11(20-19-9)6-10-7-21(8-14(10)22)16(23)12-3-2-4-13(17)15(12)18/h2-5,10,14,22H,6-8H2,1H3,(H,19,20)/t10-,14-/m1/s1. The van der Waals surface area contributed by atoms with Gasteiger partial charge in [-0.3, -0.25) is 9.89 Å². The van der Waals surface area contributed by atoms with Crippen LogP contribution in [0.3, 0.4) is 0 Å². The molecule has 5 nitrogen and oxygen atoms in total. The summed E-state index contributed by atoms with van der Waals surface area (Å²) in [5.74, 6) is -0.253. The monoisotopic (exact) mass is 353 g/mol. The highest BCUT2D eigenvalue weighted by atomic mass is 35.5. The number of likely N-dealkylation sites (tertiary alicyclic amines) is 1. The van der Waals surface area contributed by atoms with Crippen LogP contribution in [-0.4, -0.2) is 45.3 Å². The van der Waals surface area contributed by atoms with E-state index in [9.17, 15) is 9.90 Å². The van der Waals surface area contributed by atoms with E-state index in [2.05, 4.69) is 10.2 Å². The Labute approximate surface area is 144 Å². The second-order valence-electron chi connectivity index (χ2n) is 5.89. The van der Waals surface area contributed by atoms with Gasteiger partial charge in [0, 0.05) is 24.7 Å². The molecule has 2 atom stereocenters. The van der Waals surface area contributed by atoms with Crippen molar-refractivity contribution in [1.82, 2.24) is 15.1 Å². The molecule has 1 aliphatic rings. The SMILES string of the molecule is Cc1cc(C[C@@H]2CN(C(=O)c3cccc(Cl)c3Cl)C[C@H]2O)n[nH]1. The number of aromatic nitrogens is 2. The Balaban J connectivity index is 1.72. The molecule has 2 N–H and O–H groups in total. The van der Waals surface area contributed by atoms with E-state index in [1.165, 1.54) is 0 Å². The van der Waals surface area contributed by atoms with Crippen LogP contribution >= 0.6 is 23.2 Å².